The van der Waals surface area contributed by atoms with Gasteiger partial charge in [0.2, 0.25) is 10.0 Å². The van der Waals surface area contributed by atoms with E-state index in [-0.39, 0.29) is 36.8 Å². The smallest absolute Gasteiger partial charge is 0.385 e. The highest BCUT2D eigenvalue weighted by atomic mass is 35.5. The predicted molar refractivity (Wildman–Crippen MR) is 85.8 cm³/mol. The molecule has 0 spiro atoms. The van der Waals surface area contributed by atoms with E-state index in [4.69, 9.17) is 4.74 Å². The minimum Gasteiger partial charge on any atom is -0.385 e. The molecule has 0 saturated heterocycles. The summed E-state index contributed by atoms with van der Waals surface area (Å²) in [6.07, 6.45) is -3.97. The topological polar surface area (TPSA) is 67.4 Å². The Morgan fingerprint density at radius 2 is 2.04 bits per heavy atom. The lowest BCUT2D eigenvalue weighted by Gasteiger charge is -2.28. The SMILES string of the molecule is COCCCNS(=O)(=O)c1ccc2c(c1)CNC(C(F)(F)F)C2.Cl. The molecule has 0 fully saturated rings. The fraction of sp³-hybridized carbons (Fsp3) is 0.571. The number of halogens is 4. The van der Waals surface area contributed by atoms with Gasteiger partial charge in [0.05, 0.1) is 4.90 Å². The van der Waals surface area contributed by atoms with Crippen LogP contribution in [0.3, 0.4) is 0 Å². The Kier molecular flexibility index (Phi) is 7.48. The first-order valence-corrected chi connectivity index (χ1v) is 8.63. The number of benzene rings is 1. The third-order valence-corrected chi connectivity index (χ3v) is 5.12. The fourth-order valence-electron chi connectivity index (χ4n) is 2.40. The number of hydrogen-bond acceptors (Lipinski definition) is 4. The Bertz CT molecular complexity index is 653. The first kappa shape index (κ1) is 21.2. The van der Waals surface area contributed by atoms with Crippen molar-refractivity contribution in [3.8, 4) is 0 Å². The summed E-state index contributed by atoms with van der Waals surface area (Å²) in [7, 11) is -2.14. The van der Waals surface area contributed by atoms with E-state index in [0.29, 0.717) is 24.2 Å². The molecule has 1 aliphatic heterocycles. The lowest BCUT2D eigenvalue weighted by molar-refractivity contribution is -0.157. The molecule has 5 nitrogen and oxygen atoms in total. The highest BCUT2D eigenvalue weighted by Crippen LogP contribution is 2.29. The van der Waals surface area contributed by atoms with E-state index in [2.05, 4.69) is 10.0 Å². The van der Waals surface area contributed by atoms with Crippen molar-refractivity contribution in [3.05, 3.63) is 29.3 Å². The Labute approximate surface area is 145 Å². The van der Waals surface area contributed by atoms with Gasteiger partial charge in [0.15, 0.2) is 0 Å². The molecule has 138 valence electrons. The van der Waals surface area contributed by atoms with Crippen molar-refractivity contribution in [2.24, 2.45) is 0 Å². The van der Waals surface area contributed by atoms with Crippen molar-refractivity contribution in [2.45, 2.75) is 36.5 Å². The Morgan fingerprint density at radius 1 is 1.33 bits per heavy atom. The summed E-state index contributed by atoms with van der Waals surface area (Å²) in [4.78, 5) is 0.0564. The van der Waals surface area contributed by atoms with Crippen LogP contribution in [0.5, 0.6) is 0 Å². The second kappa shape index (κ2) is 8.48. The summed E-state index contributed by atoms with van der Waals surface area (Å²) >= 11 is 0. The quantitative estimate of drug-likeness (QED) is 0.731. The number of fused-ring (bicyclic) bond motifs is 1. The van der Waals surface area contributed by atoms with E-state index in [9.17, 15) is 21.6 Å². The Hall–Kier alpha value is -0.870. The normalized spacial score (nSPS) is 17.9. The Morgan fingerprint density at radius 3 is 2.67 bits per heavy atom. The third kappa shape index (κ3) is 5.32. The van der Waals surface area contributed by atoms with Crippen molar-refractivity contribution in [1.82, 2.24) is 10.0 Å². The van der Waals surface area contributed by atoms with Crippen LogP contribution in [0.15, 0.2) is 23.1 Å². The minimum atomic E-state index is -4.31. The average Bonchev–Trinajstić information content (AvgIpc) is 2.49. The summed E-state index contributed by atoms with van der Waals surface area (Å²) < 4.78 is 69.8. The number of sulfonamides is 1. The number of ether oxygens (including phenoxy) is 1. The van der Waals surface area contributed by atoms with Crippen LogP contribution in [-0.2, 0) is 27.7 Å². The summed E-state index contributed by atoms with van der Waals surface area (Å²) in [6.45, 7) is 0.670. The monoisotopic (exact) mass is 388 g/mol. The van der Waals surface area contributed by atoms with Crippen molar-refractivity contribution in [3.63, 3.8) is 0 Å². The van der Waals surface area contributed by atoms with E-state index in [1.165, 1.54) is 25.3 Å². The zero-order chi connectivity index (χ0) is 17.1. The lowest BCUT2D eigenvalue weighted by Crippen LogP contribution is -2.46. The van der Waals surface area contributed by atoms with Gasteiger partial charge in [-0.15, -0.1) is 12.4 Å². The van der Waals surface area contributed by atoms with Crippen LogP contribution in [0.25, 0.3) is 0 Å². The molecular weight excluding hydrogens is 369 g/mol. The molecule has 0 aliphatic carbocycles. The molecule has 1 aromatic carbocycles. The first-order chi connectivity index (χ1) is 10.7. The molecule has 2 N–H and O–H groups in total. The van der Waals surface area contributed by atoms with Gasteiger partial charge in [0.25, 0.3) is 0 Å². The molecule has 1 atom stereocenters. The predicted octanol–water partition coefficient (Wildman–Crippen LogP) is 2.00. The largest absolute Gasteiger partial charge is 0.404 e. The maximum Gasteiger partial charge on any atom is 0.404 e. The summed E-state index contributed by atoms with van der Waals surface area (Å²) in [5, 5.41) is 2.40. The van der Waals surface area contributed by atoms with Gasteiger partial charge in [0.1, 0.15) is 6.04 Å². The number of rotatable bonds is 6. The molecule has 24 heavy (non-hydrogen) atoms. The van der Waals surface area contributed by atoms with E-state index in [1.54, 1.807) is 0 Å². The minimum absolute atomic E-state index is 0. The van der Waals surface area contributed by atoms with Crippen LogP contribution in [0.2, 0.25) is 0 Å². The van der Waals surface area contributed by atoms with Gasteiger partial charge < -0.3 is 10.1 Å². The fourth-order valence-corrected chi connectivity index (χ4v) is 3.52. The van der Waals surface area contributed by atoms with Gasteiger partial charge in [-0.1, -0.05) is 6.07 Å². The van der Waals surface area contributed by atoms with Gasteiger partial charge in [-0.2, -0.15) is 13.2 Å². The molecule has 0 amide bonds. The van der Waals surface area contributed by atoms with Crippen LogP contribution >= 0.6 is 12.4 Å². The molecule has 1 unspecified atom stereocenters. The van der Waals surface area contributed by atoms with Crippen molar-refractivity contribution >= 4 is 22.4 Å². The molecule has 2 rings (SSSR count). The van der Waals surface area contributed by atoms with Gasteiger partial charge in [-0.3, -0.25) is 0 Å². The van der Waals surface area contributed by atoms with Crippen molar-refractivity contribution < 1.29 is 26.3 Å². The second-order valence-electron chi connectivity index (χ2n) is 5.35. The summed E-state index contributed by atoms with van der Waals surface area (Å²) in [5.74, 6) is 0. The van der Waals surface area contributed by atoms with Gasteiger partial charge in [-0.05, 0) is 36.1 Å². The lowest BCUT2D eigenvalue weighted by atomic mass is 9.96. The zero-order valence-corrected chi connectivity index (χ0v) is 14.7. The van der Waals surface area contributed by atoms with Crippen LogP contribution in [-0.4, -0.2) is 40.9 Å². The zero-order valence-electron chi connectivity index (χ0n) is 13.0. The molecule has 1 heterocycles. The number of hydrogen-bond donors (Lipinski definition) is 2. The number of nitrogens with one attached hydrogen (secondary N) is 2. The molecule has 1 aromatic rings. The molecular formula is C14H20ClF3N2O3S. The van der Waals surface area contributed by atoms with Crippen LogP contribution in [0.4, 0.5) is 13.2 Å². The van der Waals surface area contributed by atoms with E-state index < -0.39 is 22.2 Å². The highest BCUT2D eigenvalue weighted by Gasteiger charge is 2.41. The van der Waals surface area contributed by atoms with E-state index in [0.717, 1.165) is 0 Å². The van der Waals surface area contributed by atoms with Crippen molar-refractivity contribution in [1.29, 1.82) is 0 Å². The molecule has 0 bridgehead atoms. The van der Waals surface area contributed by atoms with Crippen LogP contribution in [0.1, 0.15) is 17.5 Å². The molecule has 1 aliphatic rings. The standard InChI is InChI=1S/C14H19F3N2O3S.ClH/c1-22-6-2-5-19-23(20,21)12-4-3-10-8-13(14(15,16)17)18-9-11(10)7-12;/h3-4,7,13,18-19H,2,5-6,8-9H2,1H3;1H. The molecule has 0 radical (unpaired) electrons. The van der Waals surface area contributed by atoms with E-state index >= 15 is 0 Å². The molecule has 0 saturated carbocycles. The maximum atomic E-state index is 12.7. The van der Waals surface area contributed by atoms with Crippen LogP contribution in [0, 0.1) is 0 Å². The maximum absolute atomic E-state index is 12.7. The summed E-state index contributed by atoms with van der Waals surface area (Å²) in [6, 6.07) is 2.63. The number of alkyl halides is 3. The molecule has 10 heteroatoms. The van der Waals surface area contributed by atoms with Crippen LogP contribution < -0.4 is 10.0 Å². The van der Waals surface area contributed by atoms with E-state index in [1.807, 2.05) is 0 Å². The third-order valence-electron chi connectivity index (χ3n) is 3.66. The number of methoxy groups -OCH3 is 1. The van der Waals surface area contributed by atoms with Gasteiger partial charge in [0, 0.05) is 26.8 Å². The van der Waals surface area contributed by atoms with Gasteiger partial charge >= 0.3 is 6.18 Å². The molecule has 0 aromatic heterocycles. The summed E-state index contributed by atoms with van der Waals surface area (Å²) in [5.41, 5.74) is 1.09. The average molecular weight is 389 g/mol. The second-order valence-corrected chi connectivity index (χ2v) is 7.12. The first-order valence-electron chi connectivity index (χ1n) is 7.14. The Balaban J connectivity index is 0.00000288. The van der Waals surface area contributed by atoms with Gasteiger partial charge in [-0.25, -0.2) is 13.1 Å². The van der Waals surface area contributed by atoms with Crippen molar-refractivity contribution in [2.75, 3.05) is 20.3 Å². The highest BCUT2D eigenvalue weighted by molar-refractivity contribution is 7.89.